The Kier molecular flexibility index (Phi) is 9.89. The molecule has 1 heterocycles. The van der Waals surface area contributed by atoms with Gasteiger partial charge in [0.25, 0.3) is 0 Å². The smallest absolute Gasteiger partial charge is 0.384 e. The molecule has 0 N–H and O–H groups in total. The molecule has 4 nitrogen and oxygen atoms in total. The van der Waals surface area contributed by atoms with E-state index in [1.165, 1.54) is 23.7 Å². The largest absolute Gasteiger partial charge is 0.446 e. The second kappa shape index (κ2) is 11.7. The summed E-state index contributed by atoms with van der Waals surface area (Å²) in [5.74, 6) is -0.0166. The van der Waals surface area contributed by atoms with Gasteiger partial charge in [0.2, 0.25) is 0 Å². The van der Waals surface area contributed by atoms with Crippen molar-refractivity contribution in [2.24, 2.45) is 0 Å². The van der Waals surface area contributed by atoms with E-state index in [2.05, 4.69) is 6.07 Å². The maximum Gasteiger partial charge on any atom is 0.384 e. The van der Waals surface area contributed by atoms with Gasteiger partial charge < -0.3 is 9.64 Å². The number of rotatable bonds is 2. The minimum absolute atomic E-state index is 0. The standard InChI is InChI=1S/C13H12NO3.C6H5.Y/c15-12-6-8-14(9-7-12)13(16)17-10-11-4-2-1-3-5-11;1-2-4-6-5-3-1;/h1-6,8-9H,7,10H2;1-5H;/q2*-1;. The third kappa shape index (κ3) is 7.67. The van der Waals surface area contributed by atoms with Gasteiger partial charge in [-0.15, -0.1) is 0 Å². The fourth-order valence-corrected chi connectivity index (χ4v) is 1.75. The van der Waals surface area contributed by atoms with Gasteiger partial charge in [0.1, 0.15) is 12.4 Å². The molecule has 0 aliphatic carbocycles. The molecule has 1 aliphatic rings. The molecular formula is C19H17NO3Y-2. The molecule has 0 spiro atoms. The van der Waals surface area contributed by atoms with E-state index in [1.807, 2.05) is 60.7 Å². The van der Waals surface area contributed by atoms with Crippen molar-refractivity contribution in [1.29, 1.82) is 0 Å². The molecule has 0 saturated heterocycles. The molecule has 1 radical (unpaired) electrons. The van der Waals surface area contributed by atoms with E-state index in [0.29, 0.717) is 0 Å². The van der Waals surface area contributed by atoms with Gasteiger partial charge in [-0.05, 0) is 17.8 Å². The number of amides is 1. The minimum atomic E-state index is -0.474. The number of benzene rings is 2. The fourth-order valence-electron chi connectivity index (χ4n) is 1.75. The summed E-state index contributed by atoms with van der Waals surface area (Å²) in [5.41, 5.74) is 0.929. The third-order valence-corrected chi connectivity index (χ3v) is 2.93. The van der Waals surface area contributed by atoms with Crippen molar-refractivity contribution in [3.05, 3.63) is 91.1 Å². The average Bonchev–Trinajstić information content (AvgIpc) is 2.63. The van der Waals surface area contributed by atoms with Gasteiger partial charge in [-0.2, -0.15) is 36.4 Å². The molecule has 0 bridgehead atoms. The van der Waals surface area contributed by atoms with Crippen LogP contribution in [-0.2, 0) is 48.8 Å². The van der Waals surface area contributed by atoms with E-state index < -0.39 is 6.09 Å². The second-order valence-corrected chi connectivity index (χ2v) is 4.69. The van der Waals surface area contributed by atoms with E-state index in [9.17, 15) is 9.59 Å². The first-order valence-corrected chi connectivity index (χ1v) is 7.20. The Morgan fingerprint density at radius 2 is 1.79 bits per heavy atom. The Morgan fingerprint density at radius 1 is 1.12 bits per heavy atom. The number of carbonyl (C=O) groups excluding carboxylic acids is 2. The summed E-state index contributed by atoms with van der Waals surface area (Å²) in [6, 6.07) is 21.9. The van der Waals surface area contributed by atoms with Crippen LogP contribution in [0.15, 0.2) is 72.9 Å². The van der Waals surface area contributed by atoms with Crippen LogP contribution in [0.25, 0.3) is 0 Å². The topological polar surface area (TPSA) is 46.6 Å². The Morgan fingerprint density at radius 3 is 2.29 bits per heavy atom. The Labute approximate surface area is 167 Å². The van der Waals surface area contributed by atoms with E-state index in [1.54, 1.807) is 0 Å². The maximum atomic E-state index is 11.6. The zero-order chi connectivity index (χ0) is 16.3. The zero-order valence-corrected chi connectivity index (χ0v) is 16.0. The summed E-state index contributed by atoms with van der Waals surface area (Å²) in [4.78, 5) is 23.8. The number of nitrogens with zero attached hydrogens (tertiary/aromatic N) is 1. The summed E-state index contributed by atoms with van der Waals surface area (Å²) >= 11 is 0. The molecule has 1 aliphatic heterocycles. The monoisotopic (exact) mass is 396 g/mol. The van der Waals surface area contributed by atoms with Gasteiger partial charge in [0.15, 0.2) is 0 Å². The predicted molar refractivity (Wildman–Crippen MR) is 86.8 cm³/mol. The van der Waals surface area contributed by atoms with Crippen molar-refractivity contribution in [2.45, 2.75) is 13.0 Å². The quantitative estimate of drug-likeness (QED) is 0.727. The Bertz CT molecular complexity index is 617. The summed E-state index contributed by atoms with van der Waals surface area (Å²) in [6.07, 6.45) is 2.54. The summed E-state index contributed by atoms with van der Waals surface area (Å²) < 4.78 is 5.10. The molecule has 0 aromatic heterocycles. The summed E-state index contributed by atoms with van der Waals surface area (Å²) in [7, 11) is 0. The number of carbonyl (C=O) groups is 2. The molecule has 0 saturated carbocycles. The Balaban J connectivity index is 0.000000349. The molecule has 1 amide bonds. The number of ether oxygens (including phenoxy) is 1. The Hall–Kier alpha value is -1.78. The molecule has 0 atom stereocenters. The van der Waals surface area contributed by atoms with Crippen LogP contribution in [0.5, 0.6) is 0 Å². The first-order chi connectivity index (χ1) is 11.3. The number of ketones is 1. The van der Waals surface area contributed by atoms with E-state index in [-0.39, 0.29) is 51.5 Å². The third-order valence-electron chi connectivity index (χ3n) is 2.93. The van der Waals surface area contributed by atoms with Crippen molar-refractivity contribution in [3.8, 4) is 0 Å². The van der Waals surface area contributed by atoms with Crippen LogP contribution < -0.4 is 0 Å². The van der Waals surface area contributed by atoms with Crippen LogP contribution in [0.2, 0.25) is 0 Å². The molecule has 121 valence electrons. The van der Waals surface area contributed by atoms with Crippen molar-refractivity contribution in [2.75, 3.05) is 0 Å². The molecule has 24 heavy (non-hydrogen) atoms. The van der Waals surface area contributed by atoms with E-state index in [4.69, 9.17) is 4.74 Å². The summed E-state index contributed by atoms with van der Waals surface area (Å²) in [5, 5.41) is 0. The second-order valence-electron chi connectivity index (χ2n) is 4.69. The van der Waals surface area contributed by atoms with Crippen LogP contribution in [0, 0.1) is 12.6 Å². The molecular weight excluding hydrogens is 379 g/mol. The number of hydrogen-bond acceptors (Lipinski definition) is 3. The first-order valence-electron chi connectivity index (χ1n) is 7.20. The number of allylic oxidation sites excluding steroid dienone is 1. The van der Waals surface area contributed by atoms with E-state index >= 15 is 0 Å². The summed E-state index contributed by atoms with van der Waals surface area (Å²) in [6.45, 7) is 1.74. The molecule has 0 fully saturated rings. The van der Waals surface area contributed by atoms with Crippen LogP contribution in [0.4, 0.5) is 4.79 Å². The van der Waals surface area contributed by atoms with Crippen LogP contribution >= 0.6 is 0 Å². The zero-order valence-electron chi connectivity index (χ0n) is 13.2. The molecule has 3 rings (SSSR count). The predicted octanol–water partition coefficient (Wildman–Crippen LogP) is 3.76. The van der Waals surface area contributed by atoms with Crippen LogP contribution in [0.1, 0.15) is 12.0 Å². The van der Waals surface area contributed by atoms with Crippen molar-refractivity contribution >= 4 is 11.9 Å². The molecule has 5 heteroatoms. The van der Waals surface area contributed by atoms with E-state index in [0.717, 1.165) is 5.56 Å². The van der Waals surface area contributed by atoms with Gasteiger partial charge in [-0.1, -0.05) is 36.8 Å². The fraction of sp³-hybridized carbons (Fsp3) is 0.105. The number of hydrogen-bond donors (Lipinski definition) is 0. The van der Waals surface area contributed by atoms with Crippen molar-refractivity contribution in [3.63, 3.8) is 0 Å². The van der Waals surface area contributed by atoms with Crippen molar-refractivity contribution < 1.29 is 47.0 Å². The normalized spacial score (nSPS) is 12.5. The SMILES string of the molecule is O=C1C=CN(C(=O)OCc2ccccc2)[CH-]C1.[Y].[c-]1ccccc1. The van der Waals surface area contributed by atoms with Crippen LogP contribution in [0.3, 0.4) is 0 Å². The van der Waals surface area contributed by atoms with Gasteiger partial charge in [-0.3, -0.25) is 4.79 Å². The first kappa shape index (κ1) is 20.3. The van der Waals surface area contributed by atoms with Crippen molar-refractivity contribution in [1.82, 2.24) is 4.90 Å². The van der Waals surface area contributed by atoms with Gasteiger partial charge >= 0.3 is 6.09 Å². The molecule has 0 unspecified atom stereocenters. The maximum absolute atomic E-state index is 11.6. The molecule has 2 aromatic carbocycles. The van der Waals surface area contributed by atoms with Crippen LogP contribution in [-0.4, -0.2) is 16.8 Å². The van der Waals surface area contributed by atoms with Gasteiger partial charge in [0.05, 0.1) is 0 Å². The average molecular weight is 396 g/mol. The van der Waals surface area contributed by atoms with Gasteiger partial charge in [0, 0.05) is 32.7 Å². The van der Waals surface area contributed by atoms with Gasteiger partial charge in [-0.25, -0.2) is 11.3 Å². The molecule has 2 aromatic rings. The minimum Gasteiger partial charge on any atom is -0.446 e.